The molecule has 0 radical (unpaired) electrons. The van der Waals surface area contributed by atoms with Crippen LogP contribution in [-0.2, 0) is 15.6 Å². The van der Waals surface area contributed by atoms with Crippen molar-refractivity contribution in [2.75, 3.05) is 12.4 Å². The highest BCUT2D eigenvalue weighted by molar-refractivity contribution is 7.92. The van der Waals surface area contributed by atoms with Crippen LogP contribution in [-0.4, -0.2) is 31.6 Å². The highest BCUT2D eigenvalue weighted by Crippen LogP contribution is 2.27. The molecule has 1 heterocycles. The Morgan fingerprint density at radius 2 is 2.00 bits per heavy atom. The summed E-state index contributed by atoms with van der Waals surface area (Å²) in [5, 5.41) is 10.4. The van der Waals surface area contributed by atoms with E-state index in [-0.39, 0.29) is 25.8 Å². The number of ether oxygens (including phenoxy) is 1. The summed E-state index contributed by atoms with van der Waals surface area (Å²) >= 11 is 6.82. The summed E-state index contributed by atoms with van der Waals surface area (Å²) in [5.41, 5.74) is 1.91. The quantitative estimate of drug-likeness (QED) is 0.590. The van der Waals surface area contributed by atoms with Crippen LogP contribution in [0.15, 0.2) is 46.8 Å². The van der Waals surface area contributed by atoms with Gasteiger partial charge in [0.15, 0.2) is 0 Å². The molecule has 0 saturated carbocycles. The highest BCUT2D eigenvalue weighted by Gasteiger charge is 2.22. The Balaban J connectivity index is 1.74. The molecular formula is C18H16ClN3O4S2. The molecule has 0 bridgehead atoms. The summed E-state index contributed by atoms with van der Waals surface area (Å²) in [6, 6.07) is 11.8. The van der Waals surface area contributed by atoms with Crippen molar-refractivity contribution in [3.05, 3.63) is 64.2 Å². The Labute approximate surface area is 171 Å². The average molecular weight is 438 g/mol. The average Bonchev–Trinajstić information content (AvgIpc) is 3.10. The Kier molecular flexibility index (Phi) is 5.97. The Morgan fingerprint density at radius 1 is 1.21 bits per heavy atom. The monoisotopic (exact) mass is 437 g/mol. The zero-order chi connectivity index (χ0) is 20.3. The van der Waals surface area contributed by atoms with Gasteiger partial charge in [-0.05, 0) is 30.7 Å². The second kappa shape index (κ2) is 8.26. The topological polar surface area (TPSA) is 98.2 Å². The van der Waals surface area contributed by atoms with Crippen molar-refractivity contribution in [1.82, 2.24) is 10.2 Å². The lowest BCUT2D eigenvalue weighted by Gasteiger charge is -2.05. The minimum absolute atomic E-state index is 0.0831. The van der Waals surface area contributed by atoms with E-state index >= 15 is 0 Å². The second-order valence-electron chi connectivity index (χ2n) is 5.92. The summed E-state index contributed by atoms with van der Waals surface area (Å²) in [6.07, 6.45) is 0. The molecule has 1 aromatic heterocycles. The van der Waals surface area contributed by atoms with Gasteiger partial charge in [0.2, 0.25) is 19.3 Å². The third-order valence-electron chi connectivity index (χ3n) is 3.75. The molecular weight excluding hydrogens is 422 g/mol. The number of carbonyl (C=O) groups excluding carboxylic acids is 1. The number of hydrogen-bond acceptors (Lipinski definition) is 7. The predicted molar refractivity (Wildman–Crippen MR) is 108 cm³/mol. The number of rotatable bonds is 6. The van der Waals surface area contributed by atoms with E-state index in [0.29, 0.717) is 11.3 Å². The first-order valence-corrected chi connectivity index (χ1v) is 10.9. The van der Waals surface area contributed by atoms with Crippen LogP contribution in [0.25, 0.3) is 0 Å². The van der Waals surface area contributed by atoms with Crippen LogP contribution in [0.2, 0.25) is 5.02 Å². The van der Waals surface area contributed by atoms with E-state index < -0.39 is 15.7 Å². The van der Waals surface area contributed by atoms with Gasteiger partial charge in [-0.1, -0.05) is 52.8 Å². The van der Waals surface area contributed by atoms with Crippen molar-refractivity contribution in [3.63, 3.8) is 0 Å². The first-order chi connectivity index (χ1) is 13.3. The smallest absolute Gasteiger partial charge is 0.257 e. The molecule has 1 N–H and O–H groups in total. The summed E-state index contributed by atoms with van der Waals surface area (Å²) in [4.78, 5) is 12.3. The van der Waals surface area contributed by atoms with Crippen molar-refractivity contribution in [1.29, 1.82) is 0 Å². The Morgan fingerprint density at radius 3 is 2.68 bits per heavy atom. The molecule has 3 rings (SSSR count). The number of aromatic nitrogens is 2. The number of hydrogen-bond donors (Lipinski definition) is 1. The molecule has 1 amide bonds. The van der Waals surface area contributed by atoms with Crippen molar-refractivity contribution in [2.24, 2.45) is 0 Å². The van der Waals surface area contributed by atoms with Gasteiger partial charge in [0.25, 0.3) is 5.91 Å². The third-order valence-corrected chi connectivity index (χ3v) is 7.01. The number of nitrogens with one attached hydrogen (secondary N) is 1. The van der Waals surface area contributed by atoms with Gasteiger partial charge in [0.05, 0.1) is 17.9 Å². The number of benzene rings is 2. The Bertz CT molecular complexity index is 1130. The van der Waals surface area contributed by atoms with E-state index in [1.165, 1.54) is 19.2 Å². The van der Waals surface area contributed by atoms with E-state index in [0.717, 1.165) is 16.9 Å². The molecule has 0 aliphatic heterocycles. The fourth-order valence-electron chi connectivity index (χ4n) is 2.45. The van der Waals surface area contributed by atoms with E-state index in [2.05, 4.69) is 15.5 Å². The molecule has 0 unspecified atom stereocenters. The lowest BCUT2D eigenvalue weighted by molar-refractivity contribution is 0.102. The van der Waals surface area contributed by atoms with Gasteiger partial charge in [-0.3, -0.25) is 10.1 Å². The number of sulfone groups is 1. The van der Waals surface area contributed by atoms with Crippen LogP contribution in [0.4, 0.5) is 5.13 Å². The Hall–Kier alpha value is -2.49. The second-order valence-corrected chi connectivity index (χ2v) is 9.47. The van der Waals surface area contributed by atoms with Gasteiger partial charge in [0.1, 0.15) is 5.75 Å². The van der Waals surface area contributed by atoms with Gasteiger partial charge in [-0.15, -0.1) is 10.2 Å². The molecule has 0 spiro atoms. The number of aryl methyl sites for hydroxylation is 1. The minimum atomic E-state index is -3.67. The summed E-state index contributed by atoms with van der Waals surface area (Å²) in [5.74, 6) is -0.229. The predicted octanol–water partition coefficient (Wildman–Crippen LogP) is 3.73. The minimum Gasteiger partial charge on any atom is -0.495 e. The van der Waals surface area contributed by atoms with Crippen molar-refractivity contribution in [2.45, 2.75) is 17.0 Å². The SMILES string of the molecule is COc1ccc(C(=O)Nc2nnc(S(=O)(=O)Cc3cccc(C)c3)s2)cc1Cl. The largest absolute Gasteiger partial charge is 0.495 e. The standard InChI is InChI=1S/C18H16ClN3O4S2/c1-11-4-3-5-12(8-11)10-28(24,25)18-22-21-17(27-18)20-16(23)13-6-7-15(26-2)14(19)9-13/h3-9H,10H2,1-2H3,(H,20,21,23). The molecule has 0 saturated heterocycles. The van der Waals surface area contributed by atoms with Crippen LogP contribution < -0.4 is 10.1 Å². The van der Waals surface area contributed by atoms with E-state index in [1.54, 1.807) is 24.3 Å². The van der Waals surface area contributed by atoms with Crippen LogP contribution in [0, 0.1) is 6.92 Å². The maximum absolute atomic E-state index is 12.6. The van der Waals surface area contributed by atoms with Crippen LogP contribution in [0.5, 0.6) is 5.75 Å². The van der Waals surface area contributed by atoms with Gasteiger partial charge in [-0.2, -0.15) is 0 Å². The number of halogens is 1. The molecule has 7 nitrogen and oxygen atoms in total. The van der Waals surface area contributed by atoms with Gasteiger partial charge in [0, 0.05) is 5.56 Å². The van der Waals surface area contributed by atoms with Crippen molar-refractivity contribution >= 4 is 43.8 Å². The van der Waals surface area contributed by atoms with Gasteiger partial charge in [-0.25, -0.2) is 8.42 Å². The highest BCUT2D eigenvalue weighted by atomic mass is 35.5. The first-order valence-electron chi connectivity index (χ1n) is 8.05. The fraction of sp³-hybridized carbons (Fsp3) is 0.167. The normalized spacial score (nSPS) is 11.2. The van der Waals surface area contributed by atoms with Crippen LogP contribution >= 0.6 is 22.9 Å². The van der Waals surface area contributed by atoms with Crippen molar-refractivity contribution < 1.29 is 17.9 Å². The summed E-state index contributed by atoms with van der Waals surface area (Å²) < 4.78 is 30.0. The third kappa shape index (κ3) is 4.67. The molecule has 0 aliphatic carbocycles. The number of anilines is 1. The number of nitrogens with zero attached hydrogens (tertiary/aromatic N) is 2. The van der Waals surface area contributed by atoms with E-state index in [4.69, 9.17) is 16.3 Å². The summed E-state index contributed by atoms with van der Waals surface area (Å²) in [7, 11) is -2.20. The van der Waals surface area contributed by atoms with Crippen molar-refractivity contribution in [3.8, 4) is 5.75 Å². The van der Waals surface area contributed by atoms with Crippen LogP contribution in [0.3, 0.4) is 0 Å². The zero-order valence-electron chi connectivity index (χ0n) is 15.0. The molecule has 3 aromatic rings. The first kappa shape index (κ1) is 20.2. The number of carbonyl (C=O) groups is 1. The molecule has 2 aromatic carbocycles. The lowest BCUT2D eigenvalue weighted by Crippen LogP contribution is -2.11. The maximum atomic E-state index is 12.6. The number of amides is 1. The molecule has 146 valence electrons. The maximum Gasteiger partial charge on any atom is 0.257 e. The van der Waals surface area contributed by atoms with E-state index in [1.807, 2.05) is 13.0 Å². The molecule has 28 heavy (non-hydrogen) atoms. The molecule has 10 heteroatoms. The van der Waals surface area contributed by atoms with Crippen LogP contribution in [0.1, 0.15) is 21.5 Å². The van der Waals surface area contributed by atoms with Gasteiger partial charge < -0.3 is 4.74 Å². The zero-order valence-corrected chi connectivity index (χ0v) is 17.4. The molecule has 0 atom stereocenters. The lowest BCUT2D eigenvalue weighted by atomic mass is 10.2. The summed E-state index contributed by atoms with van der Waals surface area (Å²) in [6.45, 7) is 1.89. The van der Waals surface area contributed by atoms with E-state index in [9.17, 15) is 13.2 Å². The number of methoxy groups -OCH3 is 1. The molecule has 0 aliphatic rings. The molecule has 0 fully saturated rings. The fourth-order valence-corrected chi connectivity index (χ4v) is 5.00. The van der Waals surface area contributed by atoms with Gasteiger partial charge >= 0.3 is 0 Å².